The van der Waals surface area contributed by atoms with E-state index in [1.165, 1.54) is 6.07 Å². The average Bonchev–Trinajstić information content (AvgIpc) is 2.30. The Morgan fingerprint density at radius 3 is 3.14 bits per heavy atom. The first-order chi connectivity index (χ1) is 6.68. The highest BCUT2D eigenvalue weighted by molar-refractivity contribution is 5.94. The van der Waals surface area contributed by atoms with Crippen LogP contribution in [0.1, 0.15) is 6.92 Å². The van der Waals surface area contributed by atoms with Crippen LogP contribution in [0.15, 0.2) is 18.2 Å². The molecule has 0 aliphatic carbocycles. The lowest BCUT2D eigenvalue weighted by atomic mass is 10.2. The van der Waals surface area contributed by atoms with Gasteiger partial charge in [0.25, 0.3) is 0 Å². The van der Waals surface area contributed by atoms with Crippen LogP contribution >= 0.6 is 0 Å². The van der Waals surface area contributed by atoms with Gasteiger partial charge in [0.05, 0.1) is 12.5 Å². The summed E-state index contributed by atoms with van der Waals surface area (Å²) in [5.74, 6) is -0.552. The second kappa shape index (κ2) is 3.29. The van der Waals surface area contributed by atoms with Crippen LogP contribution in [-0.4, -0.2) is 12.5 Å². The summed E-state index contributed by atoms with van der Waals surface area (Å²) in [6.45, 7) is 2.02. The molecule has 1 amide bonds. The van der Waals surface area contributed by atoms with Crippen molar-refractivity contribution in [3.63, 3.8) is 0 Å². The number of halogens is 1. The molecule has 0 fully saturated rings. The van der Waals surface area contributed by atoms with E-state index in [0.29, 0.717) is 5.75 Å². The molecule has 0 saturated heterocycles. The first kappa shape index (κ1) is 8.99. The molecule has 2 rings (SSSR count). The van der Waals surface area contributed by atoms with Gasteiger partial charge < -0.3 is 10.1 Å². The number of benzene rings is 1. The normalized spacial score (nSPS) is 20.4. The molecule has 0 saturated carbocycles. The third-order valence-electron chi connectivity index (χ3n) is 2.16. The fourth-order valence-corrected chi connectivity index (χ4v) is 1.28. The Morgan fingerprint density at radius 1 is 1.57 bits per heavy atom. The van der Waals surface area contributed by atoms with E-state index >= 15 is 0 Å². The maximum absolute atomic E-state index is 13.3. The fraction of sp³-hybridized carbons (Fsp3) is 0.300. The third-order valence-corrected chi connectivity index (χ3v) is 2.16. The molecule has 14 heavy (non-hydrogen) atoms. The Labute approximate surface area is 80.9 Å². The summed E-state index contributed by atoms with van der Waals surface area (Å²) in [4.78, 5) is 11.4. The highest BCUT2D eigenvalue weighted by Gasteiger charge is 2.22. The fourth-order valence-electron chi connectivity index (χ4n) is 1.28. The molecule has 4 heteroatoms. The first-order valence-electron chi connectivity index (χ1n) is 4.40. The predicted molar refractivity (Wildman–Crippen MR) is 49.7 cm³/mol. The molecule has 1 N–H and O–H groups in total. The minimum absolute atomic E-state index is 0.141. The van der Waals surface area contributed by atoms with Crippen LogP contribution in [0, 0.1) is 11.7 Å². The van der Waals surface area contributed by atoms with Crippen molar-refractivity contribution in [3.8, 4) is 5.75 Å². The first-order valence-corrected chi connectivity index (χ1v) is 4.40. The Hall–Kier alpha value is -1.58. The molecule has 3 nitrogen and oxygen atoms in total. The van der Waals surface area contributed by atoms with E-state index < -0.39 is 5.82 Å². The Morgan fingerprint density at radius 2 is 2.36 bits per heavy atom. The molecule has 0 spiro atoms. The number of rotatable bonds is 0. The Balaban J connectivity index is 2.43. The van der Waals surface area contributed by atoms with E-state index in [1.54, 1.807) is 19.1 Å². The molecule has 1 aromatic rings. The van der Waals surface area contributed by atoms with Gasteiger partial charge in [-0.25, -0.2) is 4.39 Å². The van der Waals surface area contributed by atoms with Crippen LogP contribution in [0.4, 0.5) is 10.1 Å². The quantitative estimate of drug-likeness (QED) is 0.685. The standard InChI is InChI=1S/C10H10FNO2/c1-6-5-14-8-4-2-3-7(11)9(8)12-10(6)13/h2-4,6H,5H2,1H3,(H,12,13). The molecule has 0 radical (unpaired) electrons. The molecular formula is C10H10FNO2. The van der Waals surface area contributed by atoms with Crippen LogP contribution in [0.25, 0.3) is 0 Å². The van der Waals surface area contributed by atoms with Gasteiger partial charge in [-0.2, -0.15) is 0 Å². The van der Waals surface area contributed by atoms with Crippen molar-refractivity contribution in [2.24, 2.45) is 5.92 Å². The zero-order valence-electron chi connectivity index (χ0n) is 7.71. The van der Waals surface area contributed by atoms with Gasteiger partial charge in [-0.05, 0) is 12.1 Å². The summed E-state index contributed by atoms with van der Waals surface area (Å²) in [5.41, 5.74) is 0.141. The van der Waals surface area contributed by atoms with E-state index in [1.807, 2.05) is 0 Å². The number of carbonyl (C=O) groups is 1. The maximum atomic E-state index is 13.3. The van der Waals surface area contributed by atoms with E-state index in [0.717, 1.165) is 0 Å². The monoisotopic (exact) mass is 195 g/mol. The summed E-state index contributed by atoms with van der Waals surface area (Å²) in [7, 11) is 0. The zero-order valence-corrected chi connectivity index (χ0v) is 7.71. The third kappa shape index (κ3) is 1.43. The molecule has 1 aromatic carbocycles. The Kier molecular flexibility index (Phi) is 2.11. The SMILES string of the molecule is CC1COc2cccc(F)c2NC1=O. The number of amides is 1. The van der Waals surface area contributed by atoms with E-state index in [-0.39, 0.29) is 24.1 Å². The molecule has 0 aromatic heterocycles. The van der Waals surface area contributed by atoms with Crippen molar-refractivity contribution in [2.45, 2.75) is 6.92 Å². The van der Waals surface area contributed by atoms with Gasteiger partial charge in [0.2, 0.25) is 5.91 Å². The molecule has 1 unspecified atom stereocenters. The minimum Gasteiger partial charge on any atom is -0.490 e. The van der Waals surface area contributed by atoms with E-state index in [2.05, 4.69) is 5.32 Å². The Bertz CT molecular complexity index is 378. The molecule has 74 valence electrons. The topological polar surface area (TPSA) is 38.3 Å². The van der Waals surface area contributed by atoms with Gasteiger partial charge >= 0.3 is 0 Å². The van der Waals surface area contributed by atoms with Crippen molar-refractivity contribution in [1.29, 1.82) is 0 Å². The van der Waals surface area contributed by atoms with Crippen LogP contribution in [-0.2, 0) is 4.79 Å². The lowest BCUT2D eigenvalue weighted by Crippen LogP contribution is -2.22. The number of carbonyl (C=O) groups excluding carboxylic acids is 1. The number of para-hydroxylation sites is 1. The highest BCUT2D eigenvalue weighted by atomic mass is 19.1. The average molecular weight is 195 g/mol. The van der Waals surface area contributed by atoms with Gasteiger partial charge in [-0.3, -0.25) is 4.79 Å². The van der Waals surface area contributed by atoms with Crippen molar-refractivity contribution in [2.75, 3.05) is 11.9 Å². The molecule has 1 aliphatic rings. The van der Waals surface area contributed by atoms with Crippen molar-refractivity contribution >= 4 is 11.6 Å². The number of fused-ring (bicyclic) bond motifs is 1. The van der Waals surface area contributed by atoms with E-state index in [4.69, 9.17) is 4.74 Å². The van der Waals surface area contributed by atoms with E-state index in [9.17, 15) is 9.18 Å². The molecule has 1 aliphatic heterocycles. The minimum atomic E-state index is -0.468. The van der Waals surface area contributed by atoms with Crippen molar-refractivity contribution in [3.05, 3.63) is 24.0 Å². The summed E-state index contributed by atoms with van der Waals surface area (Å²) in [5, 5.41) is 2.50. The second-order valence-corrected chi connectivity index (χ2v) is 3.31. The van der Waals surface area contributed by atoms with Crippen molar-refractivity contribution < 1.29 is 13.9 Å². The zero-order chi connectivity index (χ0) is 10.1. The summed E-state index contributed by atoms with van der Waals surface area (Å²) < 4.78 is 18.5. The van der Waals surface area contributed by atoms with Crippen LogP contribution < -0.4 is 10.1 Å². The predicted octanol–water partition coefficient (Wildman–Crippen LogP) is 1.79. The highest BCUT2D eigenvalue weighted by Crippen LogP contribution is 2.30. The van der Waals surface area contributed by atoms with Crippen LogP contribution in [0.3, 0.4) is 0 Å². The largest absolute Gasteiger partial charge is 0.490 e. The molecule has 0 bridgehead atoms. The van der Waals surface area contributed by atoms with Gasteiger partial charge in [-0.1, -0.05) is 13.0 Å². The number of nitrogens with one attached hydrogen (secondary N) is 1. The summed E-state index contributed by atoms with van der Waals surface area (Å²) >= 11 is 0. The van der Waals surface area contributed by atoms with Crippen LogP contribution in [0.5, 0.6) is 5.75 Å². The van der Waals surface area contributed by atoms with Crippen LogP contribution in [0.2, 0.25) is 0 Å². The molecule has 1 heterocycles. The number of hydrogen-bond acceptors (Lipinski definition) is 2. The maximum Gasteiger partial charge on any atom is 0.230 e. The summed E-state index contributed by atoms with van der Waals surface area (Å²) in [6.07, 6.45) is 0. The summed E-state index contributed by atoms with van der Waals surface area (Å²) in [6, 6.07) is 4.48. The smallest absolute Gasteiger partial charge is 0.230 e. The number of anilines is 1. The lowest BCUT2D eigenvalue weighted by Gasteiger charge is -2.06. The number of hydrogen-bond donors (Lipinski definition) is 1. The van der Waals surface area contributed by atoms with Gasteiger partial charge in [0.15, 0.2) is 5.82 Å². The number of ether oxygens (including phenoxy) is 1. The van der Waals surface area contributed by atoms with Crippen molar-refractivity contribution in [1.82, 2.24) is 0 Å². The molecular weight excluding hydrogens is 185 g/mol. The van der Waals surface area contributed by atoms with Gasteiger partial charge in [0, 0.05) is 0 Å². The lowest BCUT2D eigenvalue weighted by molar-refractivity contribution is -0.119. The molecule has 1 atom stereocenters. The van der Waals surface area contributed by atoms with Gasteiger partial charge in [0.1, 0.15) is 11.4 Å². The van der Waals surface area contributed by atoms with Gasteiger partial charge in [-0.15, -0.1) is 0 Å². The second-order valence-electron chi connectivity index (χ2n) is 3.31.